The van der Waals surface area contributed by atoms with Crippen molar-refractivity contribution in [3.8, 4) is 0 Å². The van der Waals surface area contributed by atoms with E-state index in [9.17, 15) is 8.42 Å². The van der Waals surface area contributed by atoms with E-state index in [0.29, 0.717) is 6.42 Å². The van der Waals surface area contributed by atoms with Gasteiger partial charge in [-0.25, -0.2) is 0 Å². The Bertz CT molecular complexity index is 697. The van der Waals surface area contributed by atoms with E-state index in [0.717, 1.165) is 18.7 Å². The molecule has 0 aliphatic rings. The Hall–Kier alpha value is -1.79. The maximum atomic E-state index is 10.7. The minimum absolute atomic E-state index is 0.240. The number of hydrogen-bond acceptors (Lipinski definition) is 2. The zero-order chi connectivity index (χ0) is 15.3. The first-order chi connectivity index (χ1) is 9.92. The predicted octanol–water partition coefficient (Wildman–Crippen LogP) is 0.701. The SMILES string of the molecule is Cc1ccc[n+](CC[n+]2ccc(CCS(=O)(=O)O)cc2)c1. The Morgan fingerprint density at radius 1 is 1.05 bits per heavy atom. The Labute approximate surface area is 125 Å². The second-order valence-electron chi connectivity index (χ2n) is 5.10. The van der Waals surface area contributed by atoms with E-state index in [1.54, 1.807) is 0 Å². The molecular weight excluding hydrogens is 288 g/mol. The molecule has 0 aliphatic heterocycles. The number of pyridine rings is 2. The van der Waals surface area contributed by atoms with Gasteiger partial charge in [0.25, 0.3) is 10.1 Å². The summed E-state index contributed by atoms with van der Waals surface area (Å²) >= 11 is 0. The molecule has 5 nitrogen and oxygen atoms in total. The zero-order valence-corrected chi connectivity index (χ0v) is 12.8. The highest BCUT2D eigenvalue weighted by Crippen LogP contribution is 1.99. The largest absolute Gasteiger partial charge is 0.286 e. The highest BCUT2D eigenvalue weighted by molar-refractivity contribution is 7.85. The van der Waals surface area contributed by atoms with E-state index in [2.05, 4.69) is 23.8 Å². The summed E-state index contributed by atoms with van der Waals surface area (Å²) in [5.74, 6) is -0.240. The van der Waals surface area contributed by atoms with E-state index in [4.69, 9.17) is 4.55 Å². The van der Waals surface area contributed by atoms with Gasteiger partial charge in [0, 0.05) is 23.8 Å². The number of hydrogen-bond donors (Lipinski definition) is 1. The fraction of sp³-hybridized carbons (Fsp3) is 0.333. The van der Waals surface area contributed by atoms with Crippen LogP contribution in [0.15, 0.2) is 49.1 Å². The zero-order valence-electron chi connectivity index (χ0n) is 12.0. The van der Waals surface area contributed by atoms with Crippen LogP contribution in [0.25, 0.3) is 0 Å². The predicted molar refractivity (Wildman–Crippen MR) is 78.1 cm³/mol. The van der Waals surface area contributed by atoms with E-state index in [1.807, 2.05) is 41.4 Å². The van der Waals surface area contributed by atoms with Gasteiger partial charge in [0.1, 0.15) is 0 Å². The van der Waals surface area contributed by atoms with Gasteiger partial charge >= 0.3 is 0 Å². The molecule has 2 aromatic rings. The molecular formula is C15H20N2O3S+2. The Kier molecular flexibility index (Phi) is 5.03. The van der Waals surface area contributed by atoms with Crippen molar-refractivity contribution >= 4 is 10.1 Å². The second kappa shape index (κ2) is 6.78. The molecule has 0 fully saturated rings. The van der Waals surface area contributed by atoms with Crippen LogP contribution in [0.2, 0.25) is 0 Å². The van der Waals surface area contributed by atoms with Gasteiger partial charge in [0.15, 0.2) is 24.8 Å². The quantitative estimate of drug-likeness (QED) is 0.631. The summed E-state index contributed by atoms with van der Waals surface area (Å²) in [5.41, 5.74) is 2.12. The van der Waals surface area contributed by atoms with Gasteiger partial charge in [-0.2, -0.15) is 17.6 Å². The van der Waals surface area contributed by atoms with Crippen LogP contribution in [-0.4, -0.2) is 18.7 Å². The normalized spacial score (nSPS) is 11.5. The smallest absolute Gasteiger partial charge is 0.265 e. The van der Waals surface area contributed by atoms with Crippen LogP contribution in [-0.2, 0) is 29.6 Å². The molecule has 0 aromatic carbocycles. The van der Waals surface area contributed by atoms with Gasteiger partial charge < -0.3 is 0 Å². The summed E-state index contributed by atoms with van der Waals surface area (Å²) in [6.45, 7) is 3.77. The van der Waals surface area contributed by atoms with Crippen molar-refractivity contribution in [2.24, 2.45) is 0 Å². The van der Waals surface area contributed by atoms with Crippen LogP contribution in [0.3, 0.4) is 0 Å². The van der Waals surface area contributed by atoms with E-state index >= 15 is 0 Å². The van der Waals surface area contributed by atoms with E-state index in [-0.39, 0.29) is 5.75 Å². The molecule has 21 heavy (non-hydrogen) atoms. The lowest BCUT2D eigenvalue weighted by Gasteiger charge is -1.99. The topological polar surface area (TPSA) is 62.1 Å². The summed E-state index contributed by atoms with van der Waals surface area (Å²) in [7, 11) is -3.89. The van der Waals surface area contributed by atoms with Crippen LogP contribution >= 0.6 is 0 Å². The Morgan fingerprint density at radius 2 is 1.71 bits per heavy atom. The van der Waals surface area contributed by atoms with Gasteiger partial charge in [0.2, 0.25) is 13.1 Å². The third-order valence-corrected chi connectivity index (χ3v) is 3.95. The first kappa shape index (κ1) is 15.6. The lowest BCUT2D eigenvalue weighted by molar-refractivity contribution is -0.778. The minimum atomic E-state index is -3.89. The molecule has 0 radical (unpaired) electrons. The second-order valence-corrected chi connectivity index (χ2v) is 6.67. The maximum Gasteiger partial charge on any atom is 0.265 e. The molecule has 0 unspecified atom stereocenters. The third kappa shape index (κ3) is 5.61. The monoisotopic (exact) mass is 308 g/mol. The average molecular weight is 308 g/mol. The molecule has 0 bridgehead atoms. The van der Waals surface area contributed by atoms with Gasteiger partial charge in [-0.1, -0.05) is 0 Å². The molecule has 0 atom stereocenters. The van der Waals surface area contributed by atoms with Crippen LogP contribution in [0.1, 0.15) is 11.1 Å². The van der Waals surface area contributed by atoms with Crippen molar-refractivity contribution in [2.75, 3.05) is 5.75 Å². The molecule has 2 aromatic heterocycles. The highest BCUT2D eigenvalue weighted by Gasteiger charge is 2.08. The fourth-order valence-electron chi connectivity index (χ4n) is 2.07. The van der Waals surface area contributed by atoms with E-state index < -0.39 is 10.1 Å². The molecule has 2 rings (SSSR count). The summed E-state index contributed by atoms with van der Waals surface area (Å²) in [6.07, 6.45) is 8.31. The molecule has 0 saturated heterocycles. The van der Waals surface area contributed by atoms with Crippen molar-refractivity contribution in [1.82, 2.24) is 0 Å². The van der Waals surface area contributed by atoms with Gasteiger partial charge in [-0.05, 0) is 25.0 Å². The molecule has 0 aliphatic carbocycles. The number of aromatic nitrogens is 2. The molecule has 112 valence electrons. The summed E-state index contributed by atoms with van der Waals surface area (Å²) < 4.78 is 34.3. The molecule has 0 amide bonds. The molecule has 0 spiro atoms. The number of rotatable bonds is 6. The van der Waals surface area contributed by atoms with Crippen molar-refractivity contribution in [3.63, 3.8) is 0 Å². The average Bonchev–Trinajstić information content (AvgIpc) is 2.43. The van der Waals surface area contributed by atoms with Crippen molar-refractivity contribution < 1.29 is 22.1 Å². The van der Waals surface area contributed by atoms with Crippen LogP contribution in [0, 0.1) is 6.92 Å². The van der Waals surface area contributed by atoms with Crippen LogP contribution < -0.4 is 9.13 Å². The van der Waals surface area contributed by atoms with E-state index in [1.165, 1.54) is 5.56 Å². The molecule has 0 saturated carbocycles. The van der Waals surface area contributed by atoms with Crippen LogP contribution in [0.5, 0.6) is 0 Å². The number of nitrogens with zero attached hydrogens (tertiary/aromatic N) is 2. The summed E-state index contributed by atoms with van der Waals surface area (Å²) in [6, 6.07) is 7.85. The fourth-order valence-corrected chi connectivity index (χ4v) is 2.57. The molecule has 1 N–H and O–H groups in total. The summed E-state index contributed by atoms with van der Waals surface area (Å²) in [5, 5.41) is 0. The number of aryl methyl sites for hydroxylation is 4. The first-order valence-corrected chi connectivity index (χ1v) is 8.42. The third-order valence-electron chi connectivity index (χ3n) is 3.23. The van der Waals surface area contributed by atoms with Gasteiger partial charge in [-0.3, -0.25) is 4.55 Å². The van der Waals surface area contributed by atoms with Crippen molar-refractivity contribution in [1.29, 1.82) is 0 Å². The Balaban J connectivity index is 1.90. The summed E-state index contributed by atoms with van der Waals surface area (Å²) in [4.78, 5) is 0. The lowest BCUT2D eigenvalue weighted by Crippen LogP contribution is -2.44. The lowest BCUT2D eigenvalue weighted by atomic mass is 10.2. The van der Waals surface area contributed by atoms with Crippen LogP contribution in [0.4, 0.5) is 0 Å². The highest BCUT2D eigenvalue weighted by atomic mass is 32.2. The Morgan fingerprint density at radius 3 is 2.33 bits per heavy atom. The van der Waals surface area contributed by atoms with Gasteiger partial charge in [-0.15, -0.1) is 0 Å². The van der Waals surface area contributed by atoms with Crippen molar-refractivity contribution in [2.45, 2.75) is 26.4 Å². The standard InChI is InChI=1S/C15H19N2O3S/c1-14-3-2-7-17(13-14)11-10-16-8-4-15(5-9-16)6-12-21(18,19)20/h2-5,7-9,13H,6,10-12H2,1H3/q+1/p+1. The van der Waals surface area contributed by atoms with Gasteiger partial charge in [0.05, 0.1) is 5.75 Å². The molecule has 6 heteroatoms. The molecule has 2 heterocycles. The maximum absolute atomic E-state index is 10.7. The first-order valence-electron chi connectivity index (χ1n) is 6.81. The minimum Gasteiger partial charge on any atom is -0.286 e. The van der Waals surface area contributed by atoms with Crippen molar-refractivity contribution in [3.05, 3.63) is 60.2 Å².